The third-order valence-electron chi connectivity index (χ3n) is 4.89. The molecule has 1 aliphatic carbocycles. The number of nitrogens with zero attached hydrogens (tertiary/aromatic N) is 2. The molecule has 0 radical (unpaired) electrons. The van der Waals surface area contributed by atoms with Gasteiger partial charge in [-0.1, -0.05) is 29.8 Å². The molecule has 1 aromatic heterocycles. The molecule has 0 spiro atoms. The Morgan fingerprint density at radius 3 is 3.04 bits per heavy atom. The van der Waals surface area contributed by atoms with E-state index in [4.69, 9.17) is 27.1 Å². The van der Waals surface area contributed by atoms with E-state index < -0.39 is 17.7 Å². The van der Waals surface area contributed by atoms with E-state index >= 15 is 0 Å². The molecular weight excluding hydrogens is 340 g/mol. The van der Waals surface area contributed by atoms with Gasteiger partial charge in [-0.05, 0) is 25.3 Å². The number of hydrogen-bond donors (Lipinski definition) is 2. The fourth-order valence-electron chi connectivity index (χ4n) is 3.66. The average Bonchev–Trinajstić information content (AvgIpc) is 3.08. The SMILES string of the molecule is NC(Cc1c[nH]cn1)C1=N[C@]2(c3ccccc3Cl)CCC[C@H](O1)C2=O. The van der Waals surface area contributed by atoms with E-state index in [9.17, 15) is 4.79 Å². The molecule has 0 saturated heterocycles. The Hall–Kier alpha value is -2.18. The van der Waals surface area contributed by atoms with Gasteiger partial charge in [0.25, 0.3) is 0 Å². The summed E-state index contributed by atoms with van der Waals surface area (Å²) in [5, 5.41) is 0.544. The van der Waals surface area contributed by atoms with Crippen LogP contribution in [-0.2, 0) is 21.5 Å². The van der Waals surface area contributed by atoms with Crippen LogP contribution < -0.4 is 5.73 Å². The highest BCUT2D eigenvalue weighted by molar-refractivity contribution is 6.32. The number of imidazole rings is 1. The fourth-order valence-corrected chi connectivity index (χ4v) is 3.95. The van der Waals surface area contributed by atoms with E-state index in [1.807, 2.05) is 18.2 Å². The van der Waals surface area contributed by atoms with Crippen LogP contribution in [0.25, 0.3) is 0 Å². The first-order valence-corrected chi connectivity index (χ1v) is 8.77. The van der Waals surface area contributed by atoms with Crippen molar-refractivity contribution >= 4 is 23.3 Å². The van der Waals surface area contributed by atoms with Gasteiger partial charge >= 0.3 is 0 Å². The molecule has 4 rings (SSSR count). The number of carbonyl (C=O) groups is 1. The Bertz CT molecular complexity index is 820. The lowest BCUT2D eigenvalue weighted by atomic mass is 9.73. The number of aromatic nitrogens is 2. The minimum absolute atomic E-state index is 0.0254. The van der Waals surface area contributed by atoms with Crippen LogP contribution in [-0.4, -0.2) is 33.8 Å². The van der Waals surface area contributed by atoms with Gasteiger partial charge in [0, 0.05) is 23.2 Å². The van der Waals surface area contributed by atoms with Crippen molar-refractivity contribution in [1.29, 1.82) is 0 Å². The van der Waals surface area contributed by atoms with E-state index in [1.54, 1.807) is 18.6 Å². The van der Waals surface area contributed by atoms with Crippen LogP contribution >= 0.6 is 11.6 Å². The van der Waals surface area contributed by atoms with Crippen molar-refractivity contribution < 1.29 is 9.53 Å². The number of ether oxygens (including phenoxy) is 1. The van der Waals surface area contributed by atoms with Gasteiger partial charge in [0.15, 0.2) is 11.6 Å². The van der Waals surface area contributed by atoms with Gasteiger partial charge in [-0.3, -0.25) is 4.79 Å². The Morgan fingerprint density at radius 1 is 1.44 bits per heavy atom. The first-order chi connectivity index (χ1) is 12.1. The van der Waals surface area contributed by atoms with Gasteiger partial charge in [-0.2, -0.15) is 0 Å². The summed E-state index contributed by atoms with van der Waals surface area (Å²) < 4.78 is 5.86. The highest BCUT2D eigenvalue weighted by Crippen LogP contribution is 2.44. The van der Waals surface area contributed by atoms with Gasteiger partial charge in [-0.15, -0.1) is 0 Å². The van der Waals surface area contributed by atoms with Gasteiger partial charge in [0.05, 0.1) is 18.1 Å². The van der Waals surface area contributed by atoms with Gasteiger partial charge in [0.1, 0.15) is 0 Å². The molecule has 7 heteroatoms. The summed E-state index contributed by atoms with van der Waals surface area (Å²) in [4.78, 5) is 24.8. The Kier molecular flexibility index (Phi) is 4.09. The van der Waals surface area contributed by atoms with Crippen LogP contribution in [0.5, 0.6) is 0 Å². The maximum atomic E-state index is 13.0. The number of nitrogens with two attached hydrogens (primary N) is 1. The molecule has 3 N–H and O–H groups in total. The van der Waals surface area contributed by atoms with Crippen molar-refractivity contribution in [3.63, 3.8) is 0 Å². The highest BCUT2D eigenvalue weighted by Gasteiger charge is 2.52. The molecular formula is C18H19ClN4O2. The smallest absolute Gasteiger partial charge is 0.205 e. The van der Waals surface area contributed by atoms with Crippen LogP contribution in [0.4, 0.5) is 0 Å². The number of nitrogens with one attached hydrogen (secondary N) is 1. The molecule has 130 valence electrons. The lowest BCUT2D eigenvalue weighted by molar-refractivity contribution is -0.137. The molecule has 3 atom stereocenters. The minimum Gasteiger partial charge on any atom is -0.468 e. The third-order valence-corrected chi connectivity index (χ3v) is 5.22. The van der Waals surface area contributed by atoms with Crippen molar-refractivity contribution in [2.45, 2.75) is 43.4 Å². The van der Waals surface area contributed by atoms with Crippen molar-refractivity contribution in [2.24, 2.45) is 10.7 Å². The molecule has 2 heterocycles. The van der Waals surface area contributed by atoms with Crippen molar-refractivity contribution in [1.82, 2.24) is 9.97 Å². The topological polar surface area (TPSA) is 93.4 Å². The summed E-state index contributed by atoms with van der Waals surface area (Å²) in [6.07, 6.45) is 5.53. The number of hydrogen-bond acceptors (Lipinski definition) is 5. The first-order valence-electron chi connectivity index (χ1n) is 8.39. The van der Waals surface area contributed by atoms with Gasteiger partial charge < -0.3 is 15.5 Å². The van der Waals surface area contributed by atoms with Crippen molar-refractivity contribution in [3.8, 4) is 0 Å². The van der Waals surface area contributed by atoms with Crippen LogP contribution in [0, 0.1) is 0 Å². The van der Waals surface area contributed by atoms with E-state index in [0.717, 1.165) is 17.7 Å². The Labute approximate surface area is 150 Å². The Balaban J connectivity index is 1.75. The molecule has 1 unspecified atom stereocenters. The lowest BCUT2D eigenvalue weighted by Crippen LogP contribution is -2.54. The molecule has 1 fully saturated rings. The van der Waals surface area contributed by atoms with Gasteiger partial charge in [-0.25, -0.2) is 9.98 Å². The van der Waals surface area contributed by atoms with E-state index in [1.165, 1.54) is 0 Å². The summed E-state index contributed by atoms with van der Waals surface area (Å²) in [6, 6.07) is 6.92. The zero-order chi connectivity index (χ0) is 17.4. The zero-order valence-electron chi connectivity index (χ0n) is 13.6. The molecule has 2 bridgehead atoms. The van der Waals surface area contributed by atoms with E-state index in [0.29, 0.717) is 30.2 Å². The molecule has 1 aliphatic heterocycles. The highest BCUT2D eigenvalue weighted by atomic mass is 35.5. The number of aliphatic imine (C=N–C) groups is 1. The summed E-state index contributed by atoms with van der Waals surface area (Å²) >= 11 is 6.40. The third kappa shape index (κ3) is 2.75. The Morgan fingerprint density at radius 2 is 2.28 bits per heavy atom. The average molecular weight is 359 g/mol. The van der Waals surface area contributed by atoms with Crippen LogP contribution in [0.15, 0.2) is 41.8 Å². The summed E-state index contributed by atoms with van der Waals surface area (Å²) in [7, 11) is 0. The number of halogens is 1. The number of fused-ring (bicyclic) bond motifs is 2. The van der Waals surface area contributed by atoms with Crippen LogP contribution in [0.2, 0.25) is 5.02 Å². The molecule has 1 aromatic carbocycles. The van der Waals surface area contributed by atoms with E-state index in [2.05, 4.69) is 9.97 Å². The van der Waals surface area contributed by atoms with E-state index in [-0.39, 0.29) is 5.78 Å². The molecule has 6 nitrogen and oxygen atoms in total. The number of rotatable bonds is 4. The summed E-state index contributed by atoms with van der Waals surface area (Å²) in [6.45, 7) is 0. The molecule has 1 saturated carbocycles. The van der Waals surface area contributed by atoms with Crippen molar-refractivity contribution in [3.05, 3.63) is 53.1 Å². The maximum absolute atomic E-state index is 13.0. The molecule has 2 aromatic rings. The summed E-state index contributed by atoms with van der Waals surface area (Å²) in [5.41, 5.74) is 6.88. The second-order valence-electron chi connectivity index (χ2n) is 6.52. The standard InChI is InChI=1S/C18H19ClN4O2/c19-13-5-2-1-4-12(13)18-7-3-6-15(16(18)24)25-17(23-18)14(20)8-11-9-21-10-22-11/h1-2,4-5,9-10,14-15H,3,6-8,20H2,(H,21,22)/t14?,15-,18-/m0/s1. The van der Waals surface area contributed by atoms with Gasteiger partial charge in [0.2, 0.25) is 11.7 Å². The normalized spacial score (nSPS) is 26.7. The number of benzene rings is 1. The number of aromatic amines is 1. The first kappa shape index (κ1) is 16.3. The number of H-pyrrole nitrogens is 1. The quantitative estimate of drug-likeness (QED) is 0.877. The zero-order valence-corrected chi connectivity index (χ0v) is 14.4. The van der Waals surface area contributed by atoms with Crippen LogP contribution in [0.1, 0.15) is 30.5 Å². The summed E-state index contributed by atoms with van der Waals surface area (Å²) in [5.74, 6) is 0.384. The lowest BCUT2D eigenvalue weighted by Gasteiger charge is -2.42. The number of carbonyl (C=O) groups excluding carboxylic acids is 1. The number of Topliss-reactive ketones (excluding diaryl/α,β-unsaturated/α-hetero) is 1. The predicted octanol–water partition coefficient (Wildman–Crippen LogP) is 2.38. The number of ketones is 1. The monoisotopic (exact) mass is 358 g/mol. The molecule has 25 heavy (non-hydrogen) atoms. The molecule has 0 amide bonds. The second kappa shape index (κ2) is 6.28. The predicted molar refractivity (Wildman–Crippen MR) is 94.6 cm³/mol. The molecule has 2 aliphatic rings. The largest absolute Gasteiger partial charge is 0.468 e. The second-order valence-corrected chi connectivity index (χ2v) is 6.93. The fraction of sp³-hybridized carbons (Fsp3) is 0.389. The van der Waals surface area contributed by atoms with Crippen LogP contribution in [0.3, 0.4) is 0 Å². The maximum Gasteiger partial charge on any atom is 0.205 e. The van der Waals surface area contributed by atoms with Crippen molar-refractivity contribution in [2.75, 3.05) is 0 Å². The minimum atomic E-state index is -0.988.